The van der Waals surface area contributed by atoms with Crippen molar-refractivity contribution in [1.29, 1.82) is 0 Å². The summed E-state index contributed by atoms with van der Waals surface area (Å²) in [6.07, 6.45) is 10.3. The van der Waals surface area contributed by atoms with E-state index in [1.807, 2.05) is 29.2 Å². The van der Waals surface area contributed by atoms with E-state index in [2.05, 4.69) is 53.7 Å². The topological polar surface area (TPSA) is 67.7 Å². The molecule has 0 N–H and O–H groups in total. The Hall–Kier alpha value is -4.39. The largest absolute Gasteiger partial charge is 0.465 e. The molecule has 3 heterocycles. The van der Waals surface area contributed by atoms with Crippen molar-refractivity contribution in [2.24, 2.45) is 0 Å². The van der Waals surface area contributed by atoms with Gasteiger partial charge in [-0.15, -0.1) is 0 Å². The SMILES string of the molecule is CCCCn1c(-c2ccc3c(c2)N2C(=O)c4ccccc4C2(C)N3CCC2=CCCCC2)nc2cc(C(=O)OC)ccc21. The van der Waals surface area contributed by atoms with Crippen molar-refractivity contribution in [1.82, 2.24) is 9.55 Å². The number of carbonyl (C=O) groups is 2. The molecule has 0 spiro atoms. The maximum absolute atomic E-state index is 14.0. The molecule has 0 radical (unpaired) electrons. The molecule has 4 aromatic rings. The molecule has 0 bridgehead atoms. The van der Waals surface area contributed by atoms with Gasteiger partial charge >= 0.3 is 5.97 Å². The van der Waals surface area contributed by atoms with Gasteiger partial charge in [0, 0.05) is 29.8 Å². The molecule has 7 nitrogen and oxygen atoms in total. The number of allylic oxidation sites excluding steroid dienone is 1. The number of imidazole rings is 1. The number of aryl methyl sites for hydroxylation is 1. The standard InChI is InChI=1S/C36H38N4O3/c1-4-5-20-38-30-17-16-26(35(42)43-3)22-29(30)37-33(38)25-15-18-31-32(23-25)40-34(41)27-13-9-10-14-28(27)36(40,2)39(31)21-19-24-11-7-6-8-12-24/h9-11,13-18,22-23H,4-8,12,19-21H2,1-3H3. The summed E-state index contributed by atoms with van der Waals surface area (Å²) in [7, 11) is 1.39. The zero-order chi connectivity index (χ0) is 29.7. The summed E-state index contributed by atoms with van der Waals surface area (Å²) in [6.45, 7) is 6.03. The molecule has 220 valence electrons. The molecule has 0 saturated heterocycles. The van der Waals surface area contributed by atoms with E-state index >= 15 is 0 Å². The van der Waals surface area contributed by atoms with E-state index in [-0.39, 0.29) is 11.9 Å². The lowest BCUT2D eigenvalue weighted by molar-refractivity contribution is 0.0600. The van der Waals surface area contributed by atoms with Crippen LogP contribution in [0.4, 0.5) is 11.4 Å². The number of amides is 1. The van der Waals surface area contributed by atoms with E-state index in [4.69, 9.17) is 9.72 Å². The number of nitrogens with zero attached hydrogens (tertiary/aromatic N) is 4. The number of anilines is 2. The number of benzene rings is 3. The number of hydrogen-bond donors (Lipinski definition) is 0. The number of carbonyl (C=O) groups excluding carboxylic acids is 2. The Kier molecular flexibility index (Phi) is 6.83. The lowest BCUT2D eigenvalue weighted by Gasteiger charge is -2.38. The highest BCUT2D eigenvalue weighted by atomic mass is 16.5. The van der Waals surface area contributed by atoms with Crippen LogP contribution in [0.2, 0.25) is 0 Å². The van der Waals surface area contributed by atoms with E-state index in [0.717, 1.165) is 77.3 Å². The van der Waals surface area contributed by atoms with Crippen LogP contribution in [0.3, 0.4) is 0 Å². The number of hydrogen-bond acceptors (Lipinski definition) is 5. The monoisotopic (exact) mass is 574 g/mol. The number of fused-ring (bicyclic) bond motifs is 6. The summed E-state index contributed by atoms with van der Waals surface area (Å²) in [5, 5.41) is 0. The normalized spacial score (nSPS) is 19.0. The minimum atomic E-state index is -0.596. The summed E-state index contributed by atoms with van der Waals surface area (Å²) in [5.74, 6) is 0.502. The average Bonchev–Trinajstić information content (AvgIpc) is 3.61. The van der Waals surface area contributed by atoms with Gasteiger partial charge in [0.2, 0.25) is 0 Å². The third-order valence-corrected chi connectivity index (χ3v) is 9.54. The second kappa shape index (κ2) is 10.7. The summed E-state index contributed by atoms with van der Waals surface area (Å²) in [4.78, 5) is 35.8. The van der Waals surface area contributed by atoms with Crippen LogP contribution in [0.5, 0.6) is 0 Å². The smallest absolute Gasteiger partial charge is 0.337 e. The van der Waals surface area contributed by atoms with Crippen molar-refractivity contribution in [3.63, 3.8) is 0 Å². The molecule has 1 aromatic heterocycles. The number of unbranched alkanes of at least 4 members (excludes halogenated alkanes) is 1. The zero-order valence-electron chi connectivity index (χ0n) is 25.2. The van der Waals surface area contributed by atoms with Crippen LogP contribution in [0.15, 0.2) is 72.3 Å². The van der Waals surface area contributed by atoms with Crippen molar-refractivity contribution in [3.05, 3.63) is 89.0 Å². The molecule has 3 aliphatic rings. The van der Waals surface area contributed by atoms with Crippen LogP contribution < -0.4 is 9.80 Å². The number of rotatable bonds is 8. The minimum Gasteiger partial charge on any atom is -0.465 e. The van der Waals surface area contributed by atoms with Gasteiger partial charge in [0.1, 0.15) is 11.5 Å². The Balaban J connectivity index is 1.35. The van der Waals surface area contributed by atoms with E-state index in [0.29, 0.717) is 5.56 Å². The van der Waals surface area contributed by atoms with Gasteiger partial charge in [0.05, 0.1) is 35.1 Å². The fraction of sp³-hybridized carbons (Fsp3) is 0.361. The summed E-state index contributed by atoms with van der Waals surface area (Å²) < 4.78 is 7.20. The number of ether oxygens (including phenoxy) is 1. The predicted octanol–water partition coefficient (Wildman–Crippen LogP) is 7.83. The lowest BCUT2D eigenvalue weighted by atomic mass is 9.95. The Morgan fingerprint density at radius 3 is 2.67 bits per heavy atom. The van der Waals surface area contributed by atoms with E-state index in [9.17, 15) is 9.59 Å². The van der Waals surface area contributed by atoms with E-state index < -0.39 is 5.66 Å². The number of aromatic nitrogens is 2. The molecule has 7 rings (SSSR count). The first-order valence-electron chi connectivity index (χ1n) is 15.6. The second-order valence-corrected chi connectivity index (χ2v) is 12.1. The van der Waals surface area contributed by atoms with Gasteiger partial charge in [0.15, 0.2) is 0 Å². The Morgan fingerprint density at radius 2 is 1.88 bits per heavy atom. The maximum atomic E-state index is 14.0. The van der Waals surface area contributed by atoms with Gasteiger partial charge in [-0.3, -0.25) is 9.69 Å². The first kappa shape index (κ1) is 27.4. The van der Waals surface area contributed by atoms with E-state index in [1.165, 1.54) is 38.4 Å². The molecule has 43 heavy (non-hydrogen) atoms. The van der Waals surface area contributed by atoms with E-state index in [1.54, 1.807) is 12.1 Å². The average molecular weight is 575 g/mol. The fourth-order valence-electron chi connectivity index (χ4n) is 7.30. The summed E-state index contributed by atoms with van der Waals surface area (Å²) in [6, 6.07) is 20.1. The minimum absolute atomic E-state index is 0.0399. The molecule has 1 amide bonds. The molecular formula is C36H38N4O3. The highest BCUT2D eigenvalue weighted by Crippen LogP contribution is 2.55. The Labute approximate surface area is 252 Å². The molecule has 0 fully saturated rings. The second-order valence-electron chi connectivity index (χ2n) is 12.1. The van der Waals surface area contributed by atoms with Crippen LogP contribution in [0, 0.1) is 0 Å². The van der Waals surface area contributed by atoms with Gasteiger partial charge in [-0.1, -0.05) is 43.2 Å². The van der Waals surface area contributed by atoms with Gasteiger partial charge < -0.3 is 14.2 Å². The van der Waals surface area contributed by atoms with Crippen LogP contribution in [0.25, 0.3) is 22.4 Å². The third-order valence-electron chi connectivity index (χ3n) is 9.54. The first-order chi connectivity index (χ1) is 21.0. The van der Waals surface area contributed by atoms with Gasteiger partial charge in [-0.05, 0) is 87.9 Å². The van der Waals surface area contributed by atoms with Crippen molar-refractivity contribution < 1.29 is 14.3 Å². The maximum Gasteiger partial charge on any atom is 0.337 e. The molecule has 2 aliphatic heterocycles. The van der Waals surface area contributed by atoms with Crippen molar-refractivity contribution in [2.75, 3.05) is 23.5 Å². The highest BCUT2D eigenvalue weighted by Gasteiger charge is 2.56. The number of esters is 1. The molecular weight excluding hydrogens is 536 g/mol. The third kappa shape index (κ3) is 4.28. The molecule has 0 saturated carbocycles. The zero-order valence-corrected chi connectivity index (χ0v) is 25.2. The fourth-order valence-corrected chi connectivity index (χ4v) is 7.30. The first-order valence-corrected chi connectivity index (χ1v) is 15.6. The van der Waals surface area contributed by atoms with Crippen molar-refractivity contribution in [3.8, 4) is 11.4 Å². The van der Waals surface area contributed by atoms with Gasteiger partial charge in [0.25, 0.3) is 5.91 Å². The molecule has 1 aliphatic carbocycles. The number of methoxy groups -OCH3 is 1. The molecule has 7 heteroatoms. The van der Waals surface area contributed by atoms with Crippen LogP contribution in [-0.4, -0.2) is 35.1 Å². The predicted molar refractivity (Wildman–Crippen MR) is 171 cm³/mol. The quantitative estimate of drug-likeness (QED) is 0.158. The highest BCUT2D eigenvalue weighted by molar-refractivity contribution is 6.16. The summed E-state index contributed by atoms with van der Waals surface area (Å²) in [5.41, 5.74) is 7.93. The Bertz CT molecular complexity index is 1790. The molecule has 3 aromatic carbocycles. The molecule has 1 atom stereocenters. The van der Waals surface area contributed by atoms with Crippen molar-refractivity contribution in [2.45, 2.75) is 71.0 Å². The Morgan fingerprint density at radius 1 is 1.02 bits per heavy atom. The van der Waals surface area contributed by atoms with Crippen LogP contribution in [0.1, 0.15) is 85.1 Å². The van der Waals surface area contributed by atoms with Crippen LogP contribution >= 0.6 is 0 Å². The van der Waals surface area contributed by atoms with Crippen LogP contribution in [-0.2, 0) is 16.9 Å². The van der Waals surface area contributed by atoms with Gasteiger partial charge in [-0.25, -0.2) is 9.78 Å². The van der Waals surface area contributed by atoms with Crippen molar-refractivity contribution >= 4 is 34.3 Å². The lowest BCUT2D eigenvalue weighted by Crippen LogP contribution is -2.50. The molecule has 1 unspecified atom stereocenters. The van der Waals surface area contributed by atoms with Gasteiger partial charge in [-0.2, -0.15) is 0 Å². The summed E-state index contributed by atoms with van der Waals surface area (Å²) >= 11 is 0.